The highest BCUT2D eigenvalue weighted by molar-refractivity contribution is 6.39. The van der Waals surface area contributed by atoms with Gasteiger partial charge in [0.25, 0.3) is 11.8 Å². The Morgan fingerprint density at radius 3 is 2.36 bits per heavy atom. The average molecular weight is 208 g/mol. The summed E-state index contributed by atoms with van der Waals surface area (Å²) in [4.78, 5) is 22.7. The molecule has 0 atom stereocenters. The number of carbonyl (C=O) groups excluding carboxylic acids is 2. The van der Waals surface area contributed by atoms with Crippen LogP contribution in [0.3, 0.4) is 0 Å². The molecular formula is C10H6ClNO2. The van der Waals surface area contributed by atoms with Crippen molar-refractivity contribution in [2.24, 2.45) is 0 Å². The summed E-state index contributed by atoms with van der Waals surface area (Å²) in [5.41, 5.74) is 2.55. The van der Waals surface area contributed by atoms with Crippen LogP contribution in [0.1, 0.15) is 15.9 Å². The van der Waals surface area contributed by atoms with E-state index in [0.717, 1.165) is 0 Å². The van der Waals surface area contributed by atoms with Crippen LogP contribution in [0.25, 0.3) is 5.57 Å². The van der Waals surface area contributed by atoms with Crippen molar-refractivity contribution in [1.82, 2.24) is 5.32 Å². The molecule has 0 aliphatic carbocycles. The van der Waals surface area contributed by atoms with Gasteiger partial charge in [-0.3, -0.25) is 14.9 Å². The molecule has 4 heteroatoms. The maximum absolute atomic E-state index is 11.4. The van der Waals surface area contributed by atoms with Crippen molar-refractivity contribution in [2.75, 3.05) is 0 Å². The van der Waals surface area contributed by atoms with Gasteiger partial charge in [0.2, 0.25) is 0 Å². The number of benzene rings is 1. The van der Waals surface area contributed by atoms with Crippen molar-refractivity contribution in [3.8, 4) is 0 Å². The Morgan fingerprint density at radius 1 is 1.07 bits per heavy atom. The zero-order chi connectivity index (χ0) is 10.1. The molecule has 1 heterocycles. The predicted molar refractivity (Wildman–Crippen MR) is 52.7 cm³/mol. The largest absolute Gasteiger partial charge is 0.288 e. The maximum Gasteiger partial charge on any atom is 0.259 e. The summed E-state index contributed by atoms with van der Waals surface area (Å²) in [7, 11) is 0. The van der Waals surface area contributed by atoms with E-state index in [-0.39, 0.29) is 5.91 Å². The summed E-state index contributed by atoms with van der Waals surface area (Å²) in [6, 6.07) is 6.84. The molecule has 0 saturated heterocycles. The summed E-state index contributed by atoms with van der Waals surface area (Å²) in [5, 5.41) is 2.21. The lowest BCUT2D eigenvalue weighted by molar-refractivity contribution is -0.114. The highest BCUT2D eigenvalue weighted by atomic mass is 35.5. The number of carbonyl (C=O) groups is 2. The number of amides is 2. The molecule has 0 aromatic heterocycles. The van der Waals surface area contributed by atoms with E-state index in [1.54, 1.807) is 24.3 Å². The van der Waals surface area contributed by atoms with E-state index in [9.17, 15) is 9.59 Å². The van der Waals surface area contributed by atoms with Gasteiger partial charge in [0.1, 0.15) is 0 Å². The lowest BCUT2D eigenvalue weighted by Crippen LogP contribution is -2.36. The van der Waals surface area contributed by atoms with Gasteiger partial charge in [0.15, 0.2) is 0 Å². The van der Waals surface area contributed by atoms with Gasteiger partial charge in [-0.2, -0.15) is 0 Å². The molecule has 0 saturated carbocycles. The number of fused-ring (bicyclic) bond motifs is 1. The van der Waals surface area contributed by atoms with Crippen LogP contribution in [-0.4, -0.2) is 11.8 Å². The van der Waals surface area contributed by atoms with Gasteiger partial charge in [-0.15, -0.1) is 0 Å². The van der Waals surface area contributed by atoms with Gasteiger partial charge in [0, 0.05) is 16.7 Å². The molecule has 0 radical (unpaired) electrons. The van der Waals surface area contributed by atoms with Gasteiger partial charge in [-0.1, -0.05) is 29.8 Å². The molecule has 0 fully saturated rings. The van der Waals surface area contributed by atoms with Crippen LogP contribution >= 0.6 is 11.6 Å². The molecule has 0 spiro atoms. The van der Waals surface area contributed by atoms with Crippen LogP contribution in [0, 0.1) is 0 Å². The first-order chi connectivity index (χ1) is 6.74. The number of imide groups is 1. The fourth-order valence-corrected chi connectivity index (χ4v) is 1.60. The molecule has 1 aromatic carbocycles. The molecule has 1 aromatic rings. The third kappa shape index (κ3) is 1.22. The minimum atomic E-state index is -0.455. The van der Waals surface area contributed by atoms with Gasteiger partial charge >= 0.3 is 0 Å². The zero-order valence-electron chi connectivity index (χ0n) is 7.08. The Labute approximate surface area is 85.4 Å². The van der Waals surface area contributed by atoms with E-state index in [1.165, 1.54) is 5.54 Å². The topological polar surface area (TPSA) is 46.2 Å². The van der Waals surface area contributed by atoms with Crippen LogP contribution in [0.4, 0.5) is 0 Å². The van der Waals surface area contributed by atoms with E-state index < -0.39 is 5.91 Å². The Bertz CT molecular complexity index is 451. The third-order valence-corrected chi connectivity index (χ3v) is 2.26. The molecule has 0 unspecified atom stereocenters. The Kier molecular flexibility index (Phi) is 2.09. The summed E-state index contributed by atoms with van der Waals surface area (Å²) in [6.07, 6.45) is 0. The third-order valence-electron chi connectivity index (χ3n) is 2.04. The second kappa shape index (κ2) is 3.27. The van der Waals surface area contributed by atoms with Crippen LogP contribution in [0.15, 0.2) is 29.8 Å². The van der Waals surface area contributed by atoms with E-state index in [1.807, 2.05) is 0 Å². The van der Waals surface area contributed by atoms with Gasteiger partial charge < -0.3 is 0 Å². The van der Waals surface area contributed by atoms with Gasteiger partial charge in [-0.05, 0) is 6.07 Å². The quantitative estimate of drug-likeness (QED) is 0.518. The van der Waals surface area contributed by atoms with Crippen molar-refractivity contribution in [2.45, 2.75) is 0 Å². The number of hydrogen-bond donors (Lipinski definition) is 1. The van der Waals surface area contributed by atoms with E-state index >= 15 is 0 Å². The highest BCUT2D eigenvalue weighted by Gasteiger charge is 2.25. The molecule has 2 amide bonds. The first-order valence-electron chi connectivity index (χ1n) is 3.99. The molecule has 2 rings (SSSR count). The van der Waals surface area contributed by atoms with Gasteiger partial charge in [0.05, 0.1) is 5.57 Å². The summed E-state index contributed by atoms with van der Waals surface area (Å²) >= 11 is 5.52. The van der Waals surface area contributed by atoms with Crippen LogP contribution in [0.5, 0.6) is 0 Å². The Morgan fingerprint density at radius 2 is 1.71 bits per heavy atom. The molecule has 1 aliphatic rings. The van der Waals surface area contributed by atoms with Crippen molar-refractivity contribution in [1.29, 1.82) is 0 Å². The first-order valence-corrected chi connectivity index (χ1v) is 4.43. The normalized spacial score (nSPS) is 17.9. The fourth-order valence-electron chi connectivity index (χ4n) is 1.38. The molecule has 1 N–H and O–H groups in total. The number of halogens is 1. The zero-order valence-corrected chi connectivity index (χ0v) is 7.84. The summed E-state index contributed by atoms with van der Waals surface area (Å²) in [6.45, 7) is 0. The predicted octanol–water partition coefficient (Wildman–Crippen LogP) is 1.54. The van der Waals surface area contributed by atoms with E-state index in [4.69, 9.17) is 11.6 Å². The molecular weight excluding hydrogens is 202 g/mol. The van der Waals surface area contributed by atoms with E-state index in [0.29, 0.717) is 16.7 Å². The van der Waals surface area contributed by atoms with Gasteiger partial charge in [-0.25, -0.2) is 0 Å². The van der Waals surface area contributed by atoms with E-state index in [2.05, 4.69) is 5.32 Å². The minimum absolute atomic E-state index is 0.321. The molecule has 1 aliphatic heterocycles. The standard InChI is InChI=1S/C10H6ClNO2/c11-5-8-6-3-1-2-4-7(6)9(13)12-10(8)14/h1-5H,(H,12,13,14)/b8-5-. The Hall–Kier alpha value is -1.61. The molecule has 70 valence electrons. The van der Waals surface area contributed by atoms with Crippen LogP contribution in [0.2, 0.25) is 0 Å². The second-order valence-electron chi connectivity index (χ2n) is 2.85. The smallest absolute Gasteiger partial charge is 0.259 e. The summed E-state index contributed by atoms with van der Waals surface area (Å²) < 4.78 is 0. The van der Waals surface area contributed by atoms with Crippen LogP contribution in [-0.2, 0) is 4.79 Å². The molecule has 14 heavy (non-hydrogen) atoms. The number of hydrogen-bond acceptors (Lipinski definition) is 2. The average Bonchev–Trinajstić information content (AvgIpc) is 2.18. The maximum atomic E-state index is 11.4. The van der Waals surface area contributed by atoms with Crippen molar-refractivity contribution in [3.63, 3.8) is 0 Å². The summed E-state index contributed by atoms with van der Waals surface area (Å²) in [5.74, 6) is -0.837. The van der Waals surface area contributed by atoms with Crippen LogP contribution < -0.4 is 5.32 Å². The number of nitrogens with one attached hydrogen (secondary N) is 1. The molecule has 3 nitrogen and oxygen atoms in total. The van der Waals surface area contributed by atoms with Crippen molar-refractivity contribution < 1.29 is 9.59 Å². The lowest BCUT2D eigenvalue weighted by atomic mass is 9.96. The van der Waals surface area contributed by atoms with Crippen molar-refractivity contribution >= 4 is 29.0 Å². The Balaban J connectivity index is 2.68. The molecule has 0 bridgehead atoms. The fraction of sp³-hybridized carbons (Fsp3) is 0. The minimum Gasteiger partial charge on any atom is -0.288 e. The SMILES string of the molecule is O=C1NC(=O)c2ccccc2/C1=C/Cl. The monoisotopic (exact) mass is 207 g/mol. The highest BCUT2D eigenvalue weighted by Crippen LogP contribution is 2.23. The first kappa shape index (κ1) is 8.97. The number of rotatable bonds is 0. The second-order valence-corrected chi connectivity index (χ2v) is 3.07. The lowest BCUT2D eigenvalue weighted by Gasteiger charge is -2.16. The van der Waals surface area contributed by atoms with Crippen molar-refractivity contribution in [3.05, 3.63) is 40.9 Å².